The first kappa shape index (κ1) is 16.6. The van der Waals surface area contributed by atoms with Crippen LogP contribution in [0.1, 0.15) is 37.7 Å². The van der Waals surface area contributed by atoms with Gasteiger partial charge in [0.25, 0.3) is 0 Å². The lowest BCUT2D eigenvalue weighted by Crippen LogP contribution is -2.33. The van der Waals surface area contributed by atoms with Gasteiger partial charge in [0.15, 0.2) is 0 Å². The number of rotatable bonds is 6. The van der Waals surface area contributed by atoms with Crippen molar-refractivity contribution >= 4 is 33.4 Å². The Morgan fingerprint density at radius 2 is 2.14 bits per heavy atom. The van der Waals surface area contributed by atoms with Crippen LogP contribution >= 0.6 is 27.5 Å². The van der Waals surface area contributed by atoms with E-state index in [4.69, 9.17) is 11.6 Å². The van der Waals surface area contributed by atoms with E-state index in [2.05, 4.69) is 27.3 Å². The zero-order chi connectivity index (χ0) is 15.1. The number of halogens is 2. The third kappa shape index (κ3) is 5.48. The summed E-state index contributed by atoms with van der Waals surface area (Å²) < 4.78 is 0. The molecule has 1 aromatic rings. The van der Waals surface area contributed by atoms with Crippen LogP contribution in [0.5, 0.6) is 0 Å². The normalized spacial score (nSPS) is 16.2. The van der Waals surface area contributed by atoms with Crippen molar-refractivity contribution in [1.29, 1.82) is 0 Å². The van der Waals surface area contributed by atoms with Gasteiger partial charge in [0, 0.05) is 11.6 Å². The lowest BCUT2D eigenvalue weighted by atomic mass is 9.97. The molecule has 1 atom stereocenters. The zero-order valence-electron chi connectivity index (χ0n) is 12.1. The topological polar surface area (TPSA) is 29.1 Å². The van der Waals surface area contributed by atoms with Gasteiger partial charge in [-0.15, -0.1) is 0 Å². The Morgan fingerprint density at radius 3 is 2.86 bits per heavy atom. The Balaban J connectivity index is 1.75. The number of carbonyl (C=O) groups excluding carboxylic acids is 1. The highest BCUT2D eigenvalue weighted by Gasteiger charge is 2.16. The molecule has 1 unspecified atom stereocenters. The van der Waals surface area contributed by atoms with Gasteiger partial charge in [0.1, 0.15) is 0 Å². The first-order valence-electron chi connectivity index (χ1n) is 7.50. The zero-order valence-corrected chi connectivity index (χ0v) is 14.4. The molecule has 1 aliphatic carbocycles. The van der Waals surface area contributed by atoms with Gasteiger partial charge >= 0.3 is 0 Å². The van der Waals surface area contributed by atoms with Crippen LogP contribution in [-0.4, -0.2) is 17.3 Å². The smallest absolute Gasteiger partial charge is 0.234 e. The number of alkyl halides is 1. The Hall–Kier alpha value is -0.800. The number of hydrogen-bond acceptors (Lipinski definition) is 1. The first-order valence-corrected chi connectivity index (χ1v) is 8.79. The maximum atomic E-state index is 12.1. The SMILES string of the molecule is O=C(NCCC1=CCCCC1)C(Br)Cc1ccccc1Cl. The summed E-state index contributed by atoms with van der Waals surface area (Å²) in [6, 6.07) is 7.64. The standard InChI is InChI=1S/C17H21BrClNO/c18-15(12-14-8-4-5-9-16(14)19)17(21)20-11-10-13-6-2-1-3-7-13/h4-6,8-9,15H,1-3,7,10-12H2,(H,20,21). The van der Waals surface area contributed by atoms with Crippen molar-refractivity contribution in [3.63, 3.8) is 0 Å². The molecule has 0 heterocycles. The van der Waals surface area contributed by atoms with E-state index < -0.39 is 0 Å². The fraction of sp³-hybridized carbons (Fsp3) is 0.471. The van der Waals surface area contributed by atoms with Gasteiger partial charge in [-0.3, -0.25) is 4.79 Å². The molecule has 0 saturated carbocycles. The van der Waals surface area contributed by atoms with E-state index in [0.29, 0.717) is 11.4 Å². The molecule has 0 fully saturated rings. The van der Waals surface area contributed by atoms with Gasteiger partial charge in [-0.25, -0.2) is 0 Å². The quantitative estimate of drug-likeness (QED) is 0.573. The van der Waals surface area contributed by atoms with Crippen LogP contribution in [-0.2, 0) is 11.2 Å². The van der Waals surface area contributed by atoms with Crippen LogP contribution in [0.4, 0.5) is 0 Å². The average molecular weight is 371 g/mol. The minimum Gasteiger partial charge on any atom is -0.355 e. The predicted octanol–water partition coefficient (Wildman–Crippen LogP) is 4.65. The molecule has 114 valence electrons. The molecule has 2 nitrogen and oxygen atoms in total. The highest BCUT2D eigenvalue weighted by Crippen LogP contribution is 2.20. The molecule has 1 aromatic carbocycles. The molecule has 1 aliphatic rings. The van der Waals surface area contributed by atoms with Crippen molar-refractivity contribution in [2.45, 2.75) is 43.4 Å². The van der Waals surface area contributed by atoms with Gasteiger partial charge in [-0.1, -0.05) is 57.4 Å². The summed E-state index contributed by atoms with van der Waals surface area (Å²) in [5.41, 5.74) is 2.48. The number of carbonyl (C=O) groups is 1. The molecule has 0 aliphatic heterocycles. The van der Waals surface area contributed by atoms with E-state index in [9.17, 15) is 4.79 Å². The summed E-state index contributed by atoms with van der Waals surface area (Å²) in [4.78, 5) is 11.8. The van der Waals surface area contributed by atoms with Gasteiger partial charge in [0.2, 0.25) is 5.91 Å². The average Bonchev–Trinajstić information content (AvgIpc) is 2.50. The first-order chi connectivity index (χ1) is 10.2. The molecular weight excluding hydrogens is 350 g/mol. The Kier molecular flexibility index (Phi) is 6.78. The molecule has 0 radical (unpaired) electrons. The van der Waals surface area contributed by atoms with E-state index in [1.807, 2.05) is 24.3 Å². The number of amides is 1. The van der Waals surface area contributed by atoms with Crippen molar-refractivity contribution in [3.8, 4) is 0 Å². The van der Waals surface area contributed by atoms with Crippen LogP contribution in [0.3, 0.4) is 0 Å². The maximum Gasteiger partial charge on any atom is 0.234 e. The lowest BCUT2D eigenvalue weighted by molar-refractivity contribution is -0.120. The van der Waals surface area contributed by atoms with Crippen molar-refractivity contribution in [3.05, 3.63) is 46.5 Å². The van der Waals surface area contributed by atoms with Crippen molar-refractivity contribution in [1.82, 2.24) is 5.32 Å². The predicted molar refractivity (Wildman–Crippen MR) is 92.0 cm³/mol. The van der Waals surface area contributed by atoms with Crippen molar-refractivity contribution in [2.75, 3.05) is 6.54 Å². The molecular formula is C17H21BrClNO. The van der Waals surface area contributed by atoms with E-state index in [1.54, 1.807) is 0 Å². The third-order valence-corrected chi connectivity index (χ3v) is 4.88. The number of hydrogen-bond donors (Lipinski definition) is 1. The summed E-state index contributed by atoms with van der Waals surface area (Å²) in [6.45, 7) is 0.718. The van der Waals surface area contributed by atoms with Crippen LogP contribution in [0, 0.1) is 0 Å². The van der Waals surface area contributed by atoms with E-state index in [1.165, 1.54) is 31.3 Å². The molecule has 0 bridgehead atoms. The third-order valence-electron chi connectivity index (χ3n) is 3.77. The Morgan fingerprint density at radius 1 is 1.33 bits per heavy atom. The van der Waals surface area contributed by atoms with Crippen molar-refractivity contribution in [2.24, 2.45) is 0 Å². The van der Waals surface area contributed by atoms with E-state index in [-0.39, 0.29) is 10.7 Å². The second-order valence-electron chi connectivity index (χ2n) is 5.41. The van der Waals surface area contributed by atoms with Crippen LogP contribution in [0.25, 0.3) is 0 Å². The summed E-state index contributed by atoms with van der Waals surface area (Å²) in [5.74, 6) is 0.0336. The van der Waals surface area contributed by atoms with Crippen LogP contribution < -0.4 is 5.32 Å². The van der Waals surface area contributed by atoms with Crippen molar-refractivity contribution < 1.29 is 4.79 Å². The number of allylic oxidation sites excluding steroid dienone is 1. The second-order valence-corrected chi connectivity index (χ2v) is 6.92. The molecule has 4 heteroatoms. The minimum atomic E-state index is -0.238. The Labute approximate surface area is 140 Å². The monoisotopic (exact) mass is 369 g/mol. The minimum absolute atomic E-state index is 0.0336. The van der Waals surface area contributed by atoms with Gasteiger partial charge in [-0.05, 0) is 50.2 Å². The molecule has 1 amide bonds. The van der Waals surface area contributed by atoms with Gasteiger partial charge < -0.3 is 5.32 Å². The highest BCUT2D eigenvalue weighted by molar-refractivity contribution is 9.10. The van der Waals surface area contributed by atoms with E-state index >= 15 is 0 Å². The molecule has 0 aromatic heterocycles. The highest BCUT2D eigenvalue weighted by atomic mass is 79.9. The number of benzene rings is 1. The maximum absolute atomic E-state index is 12.1. The summed E-state index contributed by atoms with van der Waals surface area (Å²) >= 11 is 9.57. The Bertz CT molecular complexity index is 515. The lowest BCUT2D eigenvalue weighted by Gasteiger charge is -2.15. The largest absolute Gasteiger partial charge is 0.355 e. The van der Waals surface area contributed by atoms with Crippen LogP contribution in [0.2, 0.25) is 5.02 Å². The molecule has 1 N–H and O–H groups in total. The van der Waals surface area contributed by atoms with Gasteiger partial charge in [-0.2, -0.15) is 0 Å². The van der Waals surface area contributed by atoms with Gasteiger partial charge in [0.05, 0.1) is 4.83 Å². The molecule has 2 rings (SSSR count). The fourth-order valence-electron chi connectivity index (χ4n) is 2.54. The fourth-order valence-corrected chi connectivity index (χ4v) is 3.26. The summed E-state index contributed by atoms with van der Waals surface area (Å²) in [6.07, 6.45) is 8.87. The molecule has 0 spiro atoms. The van der Waals surface area contributed by atoms with E-state index in [0.717, 1.165) is 18.5 Å². The number of nitrogens with one attached hydrogen (secondary N) is 1. The van der Waals surface area contributed by atoms with Crippen LogP contribution in [0.15, 0.2) is 35.9 Å². The second kappa shape index (κ2) is 8.60. The summed E-state index contributed by atoms with van der Waals surface area (Å²) in [7, 11) is 0. The molecule has 0 saturated heterocycles. The summed E-state index contributed by atoms with van der Waals surface area (Å²) in [5, 5.41) is 3.71. The molecule has 21 heavy (non-hydrogen) atoms.